The predicted molar refractivity (Wildman–Crippen MR) is 69.0 cm³/mol. The van der Waals surface area contributed by atoms with Crippen LogP contribution in [0.25, 0.3) is 0 Å². The van der Waals surface area contributed by atoms with E-state index in [1.807, 2.05) is 0 Å². The molecule has 0 saturated heterocycles. The summed E-state index contributed by atoms with van der Waals surface area (Å²) in [6.45, 7) is 0. The van der Waals surface area contributed by atoms with Gasteiger partial charge in [0.05, 0.1) is 16.7 Å². The van der Waals surface area contributed by atoms with E-state index in [4.69, 9.17) is 4.52 Å². The Labute approximate surface area is 113 Å². The molecule has 0 bridgehead atoms. The molecule has 1 aliphatic rings. The van der Waals surface area contributed by atoms with Crippen molar-refractivity contribution >= 4 is 29.2 Å². The zero-order valence-corrected chi connectivity index (χ0v) is 11.1. The number of ketones is 2. The van der Waals surface area contributed by atoms with Crippen molar-refractivity contribution in [2.45, 2.75) is 12.8 Å². The van der Waals surface area contributed by atoms with Crippen molar-refractivity contribution in [3.63, 3.8) is 0 Å². The minimum Gasteiger partial charge on any atom is -0.359 e. The number of carbonyl (C=O) groups excluding carboxylic acids is 3. The first kappa shape index (κ1) is 13.5. The Balaban J connectivity index is 1.93. The molecule has 0 radical (unpaired) electrons. The molecular weight excluding hydrogens is 268 g/mol. The fourth-order valence-corrected chi connectivity index (χ4v) is 2.55. The van der Waals surface area contributed by atoms with Gasteiger partial charge in [0.25, 0.3) is 0 Å². The summed E-state index contributed by atoms with van der Waals surface area (Å²) in [7, 11) is 1.58. The van der Waals surface area contributed by atoms with Crippen molar-refractivity contribution in [2.24, 2.45) is 0 Å². The van der Waals surface area contributed by atoms with Crippen molar-refractivity contribution < 1.29 is 18.9 Å². The van der Waals surface area contributed by atoms with E-state index in [9.17, 15) is 14.4 Å². The number of nitrogens with zero attached hydrogens (tertiary/aromatic N) is 1. The van der Waals surface area contributed by atoms with Crippen molar-refractivity contribution in [1.29, 1.82) is 0 Å². The maximum Gasteiger partial charge on any atom is 0.225 e. The molecule has 1 aliphatic carbocycles. The van der Waals surface area contributed by atoms with Crippen molar-refractivity contribution in [1.82, 2.24) is 10.5 Å². The van der Waals surface area contributed by atoms with Crippen LogP contribution in [0.1, 0.15) is 33.8 Å². The third kappa shape index (κ3) is 2.93. The van der Waals surface area contributed by atoms with Crippen LogP contribution in [-0.4, -0.2) is 35.4 Å². The third-order valence-electron chi connectivity index (χ3n) is 2.61. The lowest BCUT2D eigenvalue weighted by Crippen LogP contribution is -2.17. The lowest BCUT2D eigenvalue weighted by molar-refractivity contribution is -0.120. The van der Waals surface area contributed by atoms with E-state index >= 15 is 0 Å². The minimum absolute atomic E-state index is 0.000268. The first-order valence-electron chi connectivity index (χ1n) is 5.72. The second-order valence-corrected chi connectivity index (χ2v) is 5.03. The summed E-state index contributed by atoms with van der Waals surface area (Å²) in [6, 6.07) is 0. The third-order valence-corrected chi connectivity index (χ3v) is 3.72. The standard InChI is InChI=1S/C12H12N2O4S/c1-13-10(16)3-2-4-19-9-5-8(15)12-7(11(9)17)6-14-18-12/h5-6H,2-4H2,1H3,(H,13,16). The number of hydrogen-bond acceptors (Lipinski definition) is 6. The van der Waals surface area contributed by atoms with E-state index in [1.54, 1.807) is 7.05 Å². The van der Waals surface area contributed by atoms with Gasteiger partial charge in [-0.25, -0.2) is 0 Å². The molecule has 0 aliphatic heterocycles. The Morgan fingerprint density at radius 2 is 2.26 bits per heavy atom. The van der Waals surface area contributed by atoms with Gasteiger partial charge in [0.15, 0.2) is 0 Å². The maximum absolute atomic E-state index is 12.0. The topological polar surface area (TPSA) is 89.3 Å². The molecule has 1 heterocycles. The van der Waals surface area contributed by atoms with Crippen LogP contribution >= 0.6 is 11.8 Å². The van der Waals surface area contributed by atoms with E-state index in [0.717, 1.165) is 0 Å². The highest BCUT2D eigenvalue weighted by molar-refractivity contribution is 8.04. The van der Waals surface area contributed by atoms with E-state index in [0.29, 0.717) is 23.5 Å². The molecule has 0 spiro atoms. The molecule has 6 nitrogen and oxygen atoms in total. The van der Waals surface area contributed by atoms with Gasteiger partial charge in [-0.1, -0.05) is 5.16 Å². The monoisotopic (exact) mass is 280 g/mol. The fraction of sp³-hybridized carbons (Fsp3) is 0.333. The van der Waals surface area contributed by atoms with Gasteiger partial charge in [-0.15, -0.1) is 11.8 Å². The molecule has 0 fully saturated rings. The zero-order chi connectivity index (χ0) is 13.8. The maximum atomic E-state index is 12.0. The van der Waals surface area contributed by atoms with Crippen LogP contribution in [0.5, 0.6) is 0 Å². The molecule has 2 rings (SSSR count). The summed E-state index contributed by atoms with van der Waals surface area (Å²) in [4.78, 5) is 35.0. The molecule has 19 heavy (non-hydrogen) atoms. The molecule has 1 amide bonds. The highest BCUT2D eigenvalue weighted by atomic mass is 32.2. The van der Waals surface area contributed by atoms with E-state index in [-0.39, 0.29) is 28.8 Å². The first-order chi connectivity index (χ1) is 9.13. The number of carbonyl (C=O) groups is 3. The predicted octanol–water partition coefficient (Wildman–Crippen LogP) is 1.20. The minimum atomic E-state index is -0.346. The summed E-state index contributed by atoms with van der Waals surface area (Å²) in [6.07, 6.45) is 3.56. The number of thioether (sulfide) groups is 1. The van der Waals surface area contributed by atoms with Crippen LogP contribution in [0.4, 0.5) is 0 Å². The largest absolute Gasteiger partial charge is 0.359 e. The van der Waals surface area contributed by atoms with Crippen LogP contribution in [0, 0.1) is 0 Å². The van der Waals surface area contributed by atoms with Gasteiger partial charge in [0.2, 0.25) is 23.2 Å². The lowest BCUT2D eigenvalue weighted by Gasteiger charge is -2.09. The van der Waals surface area contributed by atoms with Crippen molar-refractivity contribution in [3.05, 3.63) is 28.5 Å². The Morgan fingerprint density at radius 1 is 1.47 bits per heavy atom. The quantitative estimate of drug-likeness (QED) is 0.815. The molecular formula is C12H12N2O4S. The average Bonchev–Trinajstić information content (AvgIpc) is 2.89. The first-order valence-corrected chi connectivity index (χ1v) is 6.71. The molecule has 0 unspecified atom stereocenters. The number of aromatic nitrogens is 1. The number of Topliss-reactive ketones (excluding diaryl/α,β-unsaturated/α-hetero) is 1. The molecule has 7 heteroatoms. The van der Waals surface area contributed by atoms with Gasteiger partial charge in [0, 0.05) is 19.5 Å². The van der Waals surface area contributed by atoms with Crippen molar-refractivity contribution in [3.8, 4) is 0 Å². The van der Waals surface area contributed by atoms with Crippen LogP contribution in [0.3, 0.4) is 0 Å². The summed E-state index contributed by atoms with van der Waals surface area (Å²) >= 11 is 1.27. The van der Waals surface area contributed by atoms with Gasteiger partial charge in [0.1, 0.15) is 0 Å². The summed E-state index contributed by atoms with van der Waals surface area (Å²) in [5.41, 5.74) is 0.210. The van der Waals surface area contributed by atoms with Gasteiger partial charge in [-0.2, -0.15) is 0 Å². The van der Waals surface area contributed by atoms with Crippen LogP contribution in [0.2, 0.25) is 0 Å². The van der Waals surface area contributed by atoms with Gasteiger partial charge < -0.3 is 9.84 Å². The SMILES string of the molecule is CNC(=O)CCCSC1=CC(=O)c2oncc2C1=O. The summed E-state index contributed by atoms with van der Waals surface area (Å²) in [5.74, 6) is -0.0397. The zero-order valence-electron chi connectivity index (χ0n) is 10.3. The Kier molecular flexibility index (Phi) is 4.16. The van der Waals surface area contributed by atoms with E-state index in [2.05, 4.69) is 10.5 Å². The Hall–Kier alpha value is -1.89. The molecule has 1 aromatic heterocycles. The van der Waals surface area contributed by atoms with Crippen LogP contribution in [0.15, 0.2) is 21.7 Å². The van der Waals surface area contributed by atoms with Gasteiger partial charge >= 0.3 is 0 Å². The lowest BCUT2D eigenvalue weighted by atomic mass is 10.0. The Morgan fingerprint density at radius 3 is 3.00 bits per heavy atom. The van der Waals surface area contributed by atoms with Crippen LogP contribution in [-0.2, 0) is 4.79 Å². The van der Waals surface area contributed by atoms with Crippen molar-refractivity contribution in [2.75, 3.05) is 12.8 Å². The highest BCUT2D eigenvalue weighted by Gasteiger charge is 2.29. The number of rotatable bonds is 5. The Bertz CT molecular complexity index is 562. The average molecular weight is 280 g/mol. The fourth-order valence-electron chi connectivity index (χ4n) is 1.61. The molecule has 1 aromatic rings. The van der Waals surface area contributed by atoms with Gasteiger partial charge in [-0.3, -0.25) is 14.4 Å². The summed E-state index contributed by atoms with van der Waals surface area (Å²) < 4.78 is 4.73. The number of allylic oxidation sites excluding steroid dienone is 2. The summed E-state index contributed by atoms with van der Waals surface area (Å²) in [5, 5.41) is 5.98. The highest BCUT2D eigenvalue weighted by Crippen LogP contribution is 2.28. The smallest absolute Gasteiger partial charge is 0.225 e. The second-order valence-electron chi connectivity index (χ2n) is 3.90. The molecule has 0 aromatic carbocycles. The number of amides is 1. The number of nitrogens with one attached hydrogen (secondary N) is 1. The number of fused-ring (bicyclic) bond motifs is 1. The molecule has 100 valence electrons. The normalized spacial score (nSPS) is 14.1. The van der Waals surface area contributed by atoms with Gasteiger partial charge in [-0.05, 0) is 12.2 Å². The molecule has 1 N–H and O–H groups in total. The van der Waals surface area contributed by atoms with E-state index < -0.39 is 0 Å². The molecule has 0 saturated carbocycles. The second kappa shape index (κ2) is 5.83. The number of hydrogen-bond donors (Lipinski definition) is 1. The van der Waals surface area contributed by atoms with E-state index in [1.165, 1.54) is 24.0 Å². The molecule has 0 atom stereocenters. The van der Waals surface area contributed by atoms with Crippen LogP contribution < -0.4 is 5.32 Å².